The van der Waals surface area contributed by atoms with E-state index in [-0.39, 0.29) is 18.2 Å². The second-order valence-electron chi connectivity index (χ2n) is 5.95. The lowest BCUT2D eigenvalue weighted by Crippen LogP contribution is -2.42. The normalized spacial score (nSPS) is 13.0. The zero-order valence-corrected chi connectivity index (χ0v) is 14.7. The smallest absolute Gasteiger partial charge is 0.317 e. The van der Waals surface area contributed by atoms with Crippen molar-refractivity contribution in [3.63, 3.8) is 0 Å². The SMILES string of the molecule is Cc1ccccc1O[C@H](C)CNC(=O)N(C)[C@H](C)c1cccnc1. The van der Waals surface area contributed by atoms with Gasteiger partial charge in [-0.15, -0.1) is 0 Å². The van der Waals surface area contributed by atoms with Gasteiger partial charge >= 0.3 is 6.03 Å². The summed E-state index contributed by atoms with van der Waals surface area (Å²) in [7, 11) is 1.78. The van der Waals surface area contributed by atoms with E-state index in [9.17, 15) is 4.79 Å². The van der Waals surface area contributed by atoms with E-state index >= 15 is 0 Å². The molecule has 1 aromatic heterocycles. The molecule has 0 unspecified atom stereocenters. The van der Waals surface area contributed by atoms with Gasteiger partial charge in [0, 0.05) is 19.4 Å². The van der Waals surface area contributed by atoms with Gasteiger partial charge in [-0.2, -0.15) is 0 Å². The molecular weight excluding hydrogens is 302 g/mol. The van der Waals surface area contributed by atoms with Crippen LogP contribution >= 0.6 is 0 Å². The zero-order valence-electron chi connectivity index (χ0n) is 14.7. The molecule has 0 saturated heterocycles. The van der Waals surface area contributed by atoms with E-state index in [1.54, 1.807) is 24.3 Å². The monoisotopic (exact) mass is 327 g/mol. The van der Waals surface area contributed by atoms with Gasteiger partial charge in [-0.05, 0) is 44.0 Å². The van der Waals surface area contributed by atoms with Crippen molar-refractivity contribution in [1.82, 2.24) is 15.2 Å². The van der Waals surface area contributed by atoms with E-state index in [1.807, 2.05) is 57.2 Å². The van der Waals surface area contributed by atoms with Gasteiger partial charge in [0.2, 0.25) is 0 Å². The van der Waals surface area contributed by atoms with Gasteiger partial charge < -0.3 is 15.0 Å². The molecule has 0 bridgehead atoms. The van der Waals surface area contributed by atoms with Crippen LogP contribution in [0.2, 0.25) is 0 Å². The highest BCUT2D eigenvalue weighted by atomic mass is 16.5. The van der Waals surface area contributed by atoms with E-state index in [1.165, 1.54) is 0 Å². The summed E-state index contributed by atoms with van der Waals surface area (Å²) in [4.78, 5) is 18.1. The molecule has 0 aliphatic heterocycles. The van der Waals surface area contributed by atoms with Crippen molar-refractivity contribution in [2.45, 2.75) is 32.9 Å². The maximum absolute atomic E-state index is 12.3. The fourth-order valence-electron chi connectivity index (χ4n) is 2.33. The second kappa shape index (κ2) is 8.34. The summed E-state index contributed by atoms with van der Waals surface area (Å²) < 4.78 is 5.88. The van der Waals surface area contributed by atoms with E-state index < -0.39 is 0 Å². The molecule has 2 aromatic rings. The maximum Gasteiger partial charge on any atom is 0.317 e. The highest BCUT2D eigenvalue weighted by molar-refractivity contribution is 5.74. The number of amides is 2. The van der Waals surface area contributed by atoms with Crippen molar-refractivity contribution in [1.29, 1.82) is 0 Å². The zero-order chi connectivity index (χ0) is 17.5. The number of urea groups is 1. The number of pyridine rings is 1. The first-order chi connectivity index (χ1) is 11.5. The summed E-state index contributed by atoms with van der Waals surface area (Å²) in [6, 6.07) is 11.5. The van der Waals surface area contributed by atoms with Crippen molar-refractivity contribution >= 4 is 6.03 Å². The Bertz CT molecular complexity index is 661. The molecular formula is C19H25N3O2. The second-order valence-corrected chi connectivity index (χ2v) is 5.95. The lowest BCUT2D eigenvalue weighted by molar-refractivity contribution is 0.179. The number of ether oxygens (including phenoxy) is 1. The van der Waals surface area contributed by atoms with Crippen LogP contribution in [0.4, 0.5) is 4.79 Å². The number of hydrogen-bond acceptors (Lipinski definition) is 3. The average Bonchev–Trinajstić information content (AvgIpc) is 2.61. The Hall–Kier alpha value is -2.56. The summed E-state index contributed by atoms with van der Waals surface area (Å²) in [5.41, 5.74) is 2.08. The van der Waals surface area contributed by atoms with Crippen molar-refractivity contribution in [2.24, 2.45) is 0 Å². The minimum absolute atomic E-state index is 0.0497. The molecule has 5 heteroatoms. The predicted molar refractivity (Wildman–Crippen MR) is 95.1 cm³/mol. The Morgan fingerprint density at radius 1 is 1.25 bits per heavy atom. The summed E-state index contributed by atoms with van der Waals surface area (Å²) in [5, 5.41) is 2.91. The Morgan fingerprint density at radius 3 is 2.67 bits per heavy atom. The first-order valence-electron chi connectivity index (χ1n) is 8.12. The largest absolute Gasteiger partial charge is 0.489 e. The number of hydrogen-bond donors (Lipinski definition) is 1. The van der Waals surface area contributed by atoms with Crippen molar-refractivity contribution in [3.8, 4) is 5.75 Å². The molecule has 0 saturated carbocycles. The third-order valence-corrected chi connectivity index (χ3v) is 4.03. The first-order valence-corrected chi connectivity index (χ1v) is 8.12. The minimum Gasteiger partial charge on any atom is -0.489 e. The fourth-order valence-corrected chi connectivity index (χ4v) is 2.33. The van der Waals surface area contributed by atoms with Crippen LogP contribution in [0, 0.1) is 6.92 Å². The Labute approximate surface area is 143 Å². The highest BCUT2D eigenvalue weighted by Gasteiger charge is 2.18. The average molecular weight is 327 g/mol. The number of aromatic nitrogens is 1. The van der Waals surface area contributed by atoms with Crippen LogP contribution in [0.25, 0.3) is 0 Å². The van der Waals surface area contributed by atoms with Gasteiger partial charge in [0.15, 0.2) is 0 Å². The molecule has 0 radical (unpaired) electrons. The van der Waals surface area contributed by atoms with Crippen LogP contribution in [-0.2, 0) is 0 Å². The minimum atomic E-state index is -0.133. The van der Waals surface area contributed by atoms with Crippen LogP contribution < -0.4 is 10.1 Å². The number of nitrogens with zero attached hydrogens (tertiary/aromatic N) is 2. The number of carbonyl (C=O) groups excluding carboxylic acids is 1. The first kappa shape index (κ1) is 17.8. The lowest BCUT2D eigenvalue weighted by atomic mass is 10.1. The predicted octanol–water partition coefficient (Wildman–Crippen LogP) is 3.56. The van der Waals surface area contributed by atoms with Crippen LogP contribution in [0.3, 0.4) is 0 Å². The van der Waals surface area contributed by atoms with E-state index in [2.05, 4.69) is 10.3 Å². The van der Waals surface area contributed by atoms with Crippen LogP contribution in [0.1, 0.15) is 31.0 Å². The van der Waals surface area contributed by atoms with Crippen molar-refractivity contribution in [3.05, 3.63) is 59.9 Å². The molecule has 0 spiro atoms. The molecule has 0 aliphatic rings. The molecule has 2 rings (SSSR count). The molecule has 2 atom stereocenters. The van der Waals surface area contributed by atoms with Gasteiger partial charge in [-0.25, -0.2) is 4.79 Å². The molecule has 2 amide bonds. The Kier molecular flexibility index (Phi) is 6.18. The van der Waals surface area contributed by atoms with Crippen molar-refractivity contribution in [2.75, 3.05) is 13.6 Å². The fraction of sp³-hybridized carbons (Fsp3) is 0.368. The molecule has 0 aliphatic carbocycles. The summed E-state index contributed by atoms with van der Waals surface area (Å²) in [5.74, 6) is 0.844. The molecule has 1 aromatic carbocycles. The van der Waals surface area contributed by atoms with Gasteiger partial charge in [0.05, 0.1) is 12.6 Å². The Morgan fingerprint density at radius 2 is 2.00 bits per heavy atom. The highest BCUT2D eigenvalue weighted by Crippen LogP contribution is 2.18. The van der Waals surface area contributed by atoms with E-state index in [4.69, 9.17) is 4.74 Å². The van der Waals surface area contributed by atoms with Crippen LogP contribution in [0.5, 0.6) is 5.75 Å². The van der Waals surface area contributed by atoms with E-state index in [0.717, 1.165) is 16.9 Å². The topological polar surface area (TPSA) is 54.5 Å². The van der Waals surface area contributed by atoms with Gasteiger partial charge in [0.25, 0.3) is 0 Å². The van der Waals surface area contributed by atoms with Crippen LogP contribution in [0.15, 0.2) is 48.8 Å². The summed E-state index contributed by atoms with van der Waals surface area (Å²) >= 11 is 0. The number of nitrogens with one attached hydrogen (secondary N) is 1. The summed E-state index contributed by atoms with van der Waals surface area (Å²) in [6.45, 7) is 6.36. The molecule has 5 nitrogen and oxygen atoms in total. The molecule has 128 valence electrons. The number of aryl methyl sites for hydroxylation is 1. The number of rotatable bonds is 6. The van der Waals surface area contributed by atoms with Gasteiger partial charge in [-0.3, -0.25) is 4.98 Å². The molecule has 0 fully saturated rings. The van der Waals surface area contributed by atoms with Gasteiger partial charge in [-0.1, -0.05) is 24.3 Å². The number of para-hydroxylation sites is 1. The van der Waals surface area contributed by atoms with Crippen molar-refractivity contribution < 1.29 is 9.53 Å². The van der Waals surface area contributed by atoms with Gasteiger partial charge in [0.1, 0.15) is 11.9 Å². The lowest BCUT2D eigenvalue weighted by Gasteiger charge is -2.26. The summed E-state index contributed by atoms with van der Waals surface area (Å²) in [6.07, 6.45) is 3.39. The van der Waals surface area contributed by atoms with Crippen LogP contribution in [-0.4, -0.2) is 35.6 Å². The maximum atomic E-state index is 12.3. The number of benzene rings is 1. The quantitative estimate of drug-likeness (QED) is 0.882. The molecule has 1 heterocycles. The molecule has 1 N–H and O–H groups in total. The Balaban J connectivity index is 1.85. The standard InChI is InChI=1S/C19H25N3O2/c1-14-8-5-6-10-18(14)24-15(2)12-21-19(23)22(4)16(3)17-9-7-11-20-13-17/h5-11,13,15-16H,12H2,1-4H3,(H,21,23)/t15-,16-/m1/s1. The van der Waals surface area contributed by atoms with E-state index in [0.29, 0.717) is 6.54 Å². The third-order valence-electron chi connectivity index (χ3n) is 4.03. The molecule has 24 heavy (non-hydrogen) atoms. The number of carbonyl (C=O) groups is 1. The third kappa shape index (κ3) is 4.72.